The highest BCUT2D eigenvalue weighted by Crippen LogP contribution is 2.37. The van der Waals surface area contributed by atoms with Crippen LogP contribution in [-0.2, 0) is 0 Å². The molecule has 9 heteroatoms. The lowest BCUT2D eigenvalue weighted by molar-refractivity contribution is -0.385. The molecule has 0 unspecified atom stereocenters. The predicted octanol–water partition coefficient (Wildman–Crippen LogP) is 2.35. The van der Waals surface area contributed by atoms with Crippen molar-refractivity contribution >= 4 is 23.5 Å². The van der Waals surface area contributed by atoms with Crippen LogP contribution in [-0.4, -0.2) is 30.8 Å². The number of para-hydroxylation sites is 1. The van der Waals surface area contributed by atoms with Gasteiger partial charge in [0.1, 0.15) is 0 Å². The van der Waals surface area contributed by atoms with Crippen molar-refractivity contribution in [3.05, 3.63) is 57.6 Å². The molecule has 0 aromatic heterocycles. The van der Waals surface area contributed by atoms with E-state index in [9.17, 15) is 14.9 Å². The number of benzene rings is 2. The Morgan fingerprint density at radius 3 is 2.73 bits per heavy atom. The Morgan fingerprint density at radius 1 is 1.38 bits per heavy atom. The van der Waals surface area contributed by atoms with Crippen molar-refractivity contribution in [2.75, 3.05) is 19.5 Å². The molecular weight excluding hydrogens is 340 g/mol. The second-order valence-corrected chi connectivity index (χ2v) is 5.05. The maximum absolute atomic E-state index is 12.0. The van der Waals surface area contributed by atoms with Crippen molar-refractivity contribution in [3.63, 3.8) is 0 Å². The fourth-order valence-corrected chi connectivity index (χ4v) is 2.22. The summed E-state index contributed by atoms with van der Waals surface area (Å²) in [5.41, 5.74) is 8.74. The zero-order valence-electron chi connectivity index (χ0n) is 14.3. The highest BCUT2D eigenvalue weighted by molar-refractivity contribution is 5.99. The lowest BCUT2D eigenvalue weighted by Gasteiger charge is -2.10. The molecule has 2 aromatic carbocycles. The average Bonchev–Trinajstić information content (AvgIpc) is 2.61. The van der Waals surface area contributed by atoms with E-state index in [1.54, 1.807) is 31.2 Å². The average molecular weight is 358 g/mol. The first kappa shape index (κ1) is 18.7. The third-order valence-corrected chi connectivity index (χ3v) is 3.34. The molecule has 0 fully saturated rings. The number of hydrogen-bond acceptors (Lipinski definition) is 7. The second-order valence-electron chi connectivity index (χ2n) is 5.05. The summed E-state index contributed by atoms with van der Waals surface area (Å²) >= 11 is 0. The van der Waals surface area contributed by atoms with Gasteiger partial charge in [-0.25, -0.2) is 5.43 Å². The molecule has 2 rings (SSSR count). The van der Waals surface area contributed by atoms with E-state index >= 15 is 0 Å². The summed E-state index contributed by atoms with van der Waals surface area (Å²) in [7, 11) is 1.32. The molecule has 1 amide bonds. The number of hydrazone groups is 1. The van der Waals surface area contributed by atoms with Crippen molar-refractivity contribution in [2.45, 2.75) is 6.92 Å². The van der Waals surface area contributed by atoms with Crippen LogP contribution in [0.5, 0.6) is 11.5 Å². The van der Waals surface area contributed by atoms with Crippen molar-refractivity contribution in [1.29, 1.82) is 0 Å². The SMILES string of the molecule is CCOc1cc(/C=N\NC(=O)c2ccccc2N)cc([N+](=O)[O-])c1OC. The van der Waals surface area contributed by atoms with E-state index in [0.717, 1.165) is 0 Å². The number of amides is 1. The number of hydrogen-bond donors (Lipinski definition) is 2. The van der Waals surface area contributed by atoms with Gasteiger partial charge in [0.15, 0.2) is 5.75 Å². The molecule has 26 heavy (non-hydrogen) atoms. The zero-order valence-corrected chi connectivity index (χ0v) is 14.3. The third-order valence-electron chi connectivity index (χ3n) is 3.34. The van der Waals surface area contributed by atoms with Crippen LogP contribution in [0.4, 0.5) is 11.4 Å². The predicted molar refractivity (Wildman–Crippen MR) is 96.7 cm³/mol. The van der Waals surface area contributed by atoms with Crippen molar-refractivity contribution < 1.29 is 19.2 Å². The molecule has 2 aromatic rings. The molecule has 0 atom stereocenters. The Labute approximate surface area is 149 Å². The summed E-state index contributed by atoms with van der Waals surface area (Å²) in [6.45, 7) is 2.05. The lowest BCUT2D eigenvalue weighted by atomic mass is 10.2. The molecule has 0 bridgehead atoms. The van der Waals surface area contributed by atoms with Gasteiger partial charge in [-0.05, 0) is 25.1 Å². The van der Waals surface area contributed by atoms with Crippen LogP contribution < -0.4 is 20.6 Å². The smallest absolute Gasteiger partial charge is 0.315 e. The maximum atomic E-state index is 12.0. The van der Waals surface area contributed by atoms with Crippen molar-refractivity contribution in [1.82, 2.24) is 5.43 Å². The minimum atomic E-state index is -0.581. The number of nitro groups is 1. The van der Waals surface area contributed by atoms with Crippen LogP contribution in [0.25, 0.3) is 0 Å². The topological polar surface area (TPSA) is 129 Å². The van der Waals surface area contributed by atoms with Crippen LogP contribution in [0.3, 0.4) is 0 Å². The highest BCUT2D eigenvalue weighted by Gasteiger charge is 2.21. The fourth-order valence-electron chi connectivity index (χ4n) is 2.22. The van der Waals surface area contributed by atoms with Crippen molar-refractivity contribution in [3.8, 4) is 11.5 Å². The van der Waals surface area contributed by atoms with Gasteiger partial charge in [0.25, 0.3) is 5.91 Å². The molecular formula is C17H18N4O5. The first-order chi connectivity index (χ1) is 12.5. The van der Waals surface area contributed by atoms with Gasteiger partial charge >= 0.3 is 5.69 Å². The Hall–Kier alpha value is -3.62. The molecule has 0 aliphatic carbocycles. The van der Waals surface area contributed by atoms with E-state index in [1.165, 1.54) is 25.5 Å². The van der Waals surface area contributed by atoms with Gasteiger partial charge < -0.3 is 15.2 Å². The van der Waals surface area contributed by atoms with Crippen molar-refractivity contribution in [2.24, 2.45) is 5.10 Å². The van der Waals surface area contributed by atoms with E-state index in [4.69, 9.17) is 15.2 Å². The summed E-state index contributed by atoms with van der Waals surface area (Å²) in [5, 5.41) is 15.1. The molecule has 0 saturated carbocycles. The van der Waals surface area contributed by atoms with Gasteiger partial charge in [-0.3, -0.25) is 14.9 Å². The molecule has 0 aliphatic rings. The number of anilines is 1. The fraction of sp³-hybridized carbons (Fsp3) is 0.176. The van der Waals surface area contributed by atoms with Gasteiger partial charge in [0.05, 0.1) is 30.4 Å². The van der Waals surface area contributed by atoms with Crippen LogP contribution >= 0.6 is 0 Å². The first-order valence-corrected chi connectivity index (χ1v) is 7.65. The molecule has 0 saturated heterocycles. The van der Waals surface area contributed by atoms with Crippen LogP contribution in [0.1, 0.15) is 22.8 Å². The maximum Gasteiger partial charge on any atom is 0.315 e. The Morgan fingerprint density at radius 2 is 2.12 bits per heavy atom. The summed E-state index contributed by atoms with van der Waals surface area (Å²) in [6.07, 6.45) is 1.27. The van der Waals surface area contributed by atoms with E-state index in [2.05, 4.69) is 10.5 Å². The molecule has 0 spiro atoms. The Kier molecular flexibility index (Phi) is 6.10. The van der Waals surface area contributed by atoms with E-state index in [0.29, 0.717) is 17.9 Å². The largest absolute Gasteiger partial charge is 0.490 e. The Balaban J connectivity index is 2.25. The lowest BCUT2D eigenvalue weighted by Crippen LogP contribution is -2.19. The van der Waals surface area contributed by atoms with E-state index in [-0.39, 0.29) is 22.7 Å². The van der Waals surface area contributed by atoms with E-state index < -0.39 is 10.8 Å². The summed E-state index contributed by atoms with van der Waals surface area (Å²) in [6, 6.07) is 9.35. The number of carbonyl (C=O) groups excluding carboxylic acids is 1. The normalized spacial score (nSPS) is 10.5. The molecule has 136 valence electrons. The minimum absolute atomic E-state index is 0.0232. The number of nitro benzene ring substituents is 1. The number of rotatable bonds is 7. The molecule has 0 radical (unpaired) electrons. The standard InChI is InChI=1S/C17H18N4O5/c1-3-26-15-9-11(8-14(21(23)24)16(15)25-2)10-19-20-17(22)12-6-4-5-7-13(12)18/h4-10H,3,18H2,1-2H3,(H,20,22)/b19-10-. The van der Waals surface area contributed by atoms with Gasteiger partial charge in [-0.15, -0.1) is 0 Å². The number of methoxy groups -OCH3 is 1. The van der Waals surface area contributed by atoms with Gasteiger partial charge in [0.2, 0.25) is 5.75 Å². The quantitative estimate of drug-likeness (QED) is 0.338. The van der Waals surface area contributed by atoms with Crippen LogP contribution in [0, 0.1) is 10.1 Å². The van der Waals surface area contributed by atoms with Gasteiger partial charge in [0, 0.05) is 17.3 Å². The summed E-state index contributed by atoms with van der Waals surface area (Å²) < 4.78 is 10.4. The van der Waals surface area contributed by atoms with Gasteiger partial charge in [-0.1, -0.05) is 12.1 Å². The minimum Gasteiger partial charge on any atom is -0.490 e. The van der Waals surface area contributed by atoms with Crippen LogP contribution in [0.15, 0.2) is 41.5 Å². The summed E-state index contributed by atoms with van der Waals surface area (Å²) in [4.78, 5) is 22.7. The first-order valence-electron chi connectivity index (χ1n) is 7.65. The Bertz CT molecular complexity index is 851. The number of nitrogen functional groups attached to an aromatic ring is 1. The number of nitrogens with zero attached hydrogens (tertiary/aromatic N) is 2. The third kappa shape index (κ3) is 4.26. The molecule has 3 N–H and O–H groups in total. The van der Waals surface area contributed by atoms with Gasteiger partial charge in [-0.2, -0.15) is 5.10 Å². The molecule has 0 heterocycles. The number of ether oxygens (including phenoxy) is 2. The monoisotopic (exact) mass is 358 g/mol. The van der Waals surface area contributed by atoms with Crippen LogP contribution in [0.2, 0.25) is 0 Å². The molecule has 0 aliphatic heterocycles. The second kappa shape index (κ2) is 8.47. The van der Waals surface area contributed by atoms with E-state index in [1.807, 2.05) is 0 Å². The zero-order chi connectivity index (χ0) is 19.1. The number of nitrogens with one attached hydrogen (secondary N) is 1. The highest BCUT2D eigenvalue weighted by atomic mass is 16.6. The summed E-state index contributed by atoms with van der Waals surface area (Å²) in [5.74, 6) is -0.258. The molecule has 9 nitrogen and oxygen atoms in total. The number of nitrogens with two attached hydrogens (primary N) is 1. The number of carbonyl (C=O) groups is 1.